The van der Waals surface area contributed by atoms with E-state index in [0.29, 0.717) is 0 Å². The van der Waals surface area contributed by atoms with Crippen LogP contribution >= 0.6 is 0 Å². The molecule has 0 fully saturated rings. The number of aryl methyl sites for hydroxylation is 1. The second-order valence-corrected chi connectivity index (χ2v) is 4.13. The molecule has 0 aliphatic carbocycles. The van der Waals surface area contributed by atoms with Crippen LogP contribution in [0, 0.1) is 0 Å². The first-order chi connectivity index (χ1) is 7.88. The SMILES string of the molecule is CCCCc1cn(Cc2ccccc2)cn1. The highest BCUT2D eigenvalue weighted by atomic mass is 15.0. The normalized spacial score (nSPS) is 10.6. The standard InChI is InChI=1S/C14H18N2/c1-2-3-9-14-11-16(12-15-14)10-13-7-5-4-6-8-13/h4-8,11-12H,2-3,9-10H2,1H3. The van der Waals surface area contributed by atoms with Crippen molar-refractivity contribution < 1.29 is 0 Å². The van der Waals surface area contributed by atoms with Crippen molar-refractivity contribution in [2.24, 2.45) is 0 Å². The van der Waals surface area contributed by atoms with E-state index >= 15 is 0 Å². The van der Waals surface area contributed by atoms with Crippen LogP contribution in [0.1, 0.15) is 31.0 Å². The first-order valence-electron chi connectivity index (χ1n) is 5.93. The summed E-state index contributed by atoms with van der Waals surface area (Å²) in [7, 11) is 0. The number of imidazole rings is 1. The van der Waals surface area contributed by atoms with Gasteiger partial charge in [-0.15, -0.1) is 0 Å². The van der Waals surface area contributed by atoms with Crippen LogP contribution in [-0.2, 0) is 13.0 Å². The highest BCUT2D eigenvalue weighted by molar-refractivity contribution is 5.15. The minimum absolute atomic E-state index is 0.917. The second kappa shape index (κ2) is 5.50. The molecule has 0 unspecified atom stereocenters. The van der Waals surface area contributed by atoms with Crippen molar-refractivity contribution in [1.29, 1.82) is 0 Å². The molecular weight excluding hydrogens is 196 g/mol. The van der Waals surface area contributed by atoms with Gasteiger partial charge in [-0.05, 0) is 18.4 Å². The monoisotopic (exact) mass is 214 g/mol. The molecule has 2 rings (SSSR count). The molecule has 0 amide bonds. The van der Waals surface area contributed by atoms with Gasteiger partial charge in [-0.25, -0.2) is 4.98 Å². The highest BCUT2D eigenvalue weighted by Gasteiger charge is 1.98. The molecule has 84 valence electrons. The van der Waals surface area contributed by atoms with Gasteiger partial charge in [0.2, 0.25) is 0 Å². The summed E-state index contributed by atoms with van der Waals surface area (Å²) in [5.74, 6) is 0. The van der Waals surface area contributed by atoms with E-state index < -0.39 is 0 Å². The van der Waals surface area contributed by atoms with Gasteiger partial charge in [0.25, 0.3) is 0 Å². The molecule has 0 spiro atoms. The molecule has 0 bridgehead atoms. The minimum Gasteiger partial charge on any atom is -0.333 e. The van der Waals surface area contributed by atoms with Crippen molar-refractivity contribution in [3.63, 3.8) is 0 Å². The van der Waals surface area contributed by atoms with Crippen molar-refractivity contribution in [3.8, 4) is 0 Å². The smallest absolute Gasteiger partial charge is 0.0952 e. The van der Waals surface area contributed by atoms with Crippen LogP contribution in [0.2, 0.25) is 0 Å². The maximum absolute atomic E-state index is 4.41. The zero-order valence-corrected chi connectivity index (χ0v) is 9.76. The van der Waals surface area contributed by atoms with Gasteiger partial charge in [0.1, 0.15) is 0 Å². The lowest BCUT2D eigenvalue weighted by atomic mass is 10.2. The average Bonchev–Trinajstić information content (AvgIpc) is 2.75. The maximum atomic E-state index is 4.41. The minimum atomic E-state index is 0.917. The van der Waals surface area contributed by atoms with Gasteiger partial charge in [-0.3, -0.25) is 0 Å². The van der Waals surface area contributed by atoms with Gasteiger partial charge >= 0.3 is 0 Å². The molecule has 2 heteroatoms. The van der Waals surface area contributed by atoms with Crippen molar-refractivity contribution in [1.82, 2.24) is 9.55 Å². The third kappa shape index (κ3) is 2.96. The Kier molecular flexibility index (Phi) is 3.76. The molecule has 0 radical (unpaired) electrons. The molecule has 0 aliphatic heterocycles. The number of aromatic nitrogens is 2. The lowest BCUT2D eigenvalue weighted by Crippen LogP contribution is -1.95. The van der Waals surface area contributed by atoms with E-state index in [9.17, 15) is 0 Å². The molecule has 16 heavy (non-hydrogen) atoms. The van der Waals surface area contributed by atoms with E-state index in [0.717, 1.165) is 13.0 Å². The highest BCUT2D eigenvalue weighted by Crippen LogP contribution is 2.06. The molecule has 0 aliphatic rings. The van der Waals surface area contributed by atoms with E-state index in [4.69, 9.17) is 0 Å². The van der Waals surface area contributed by atoms with Crippen LogP contribution in [-0.4, -0.2) is 9.55 Å². The Bertz CT molecular complexity index is 417. The summed E-state index contributed by atoms with van der Waals surface area (Å²) in [6.45, 7) is 3.13. The van der Waals surface area contributed by atoms with Crippen LogP contribution in [0.5, 0.6) is 0 Å². The number of unbranched alkanes of at least 4 members (excludes halogenated alkanes) is 1. The lowest BCUT2D eigenvalue weighted by Gasteiger charge is -2.01. The first kappa shape index (κ1) is 10.9. The van der Waals surface area contributed by atoms with E-state index in [1.54, 1.807) is 0 Å². The third-order valence-corrected chi connectivity index (χ3v) is 2.68. The number of hydrogen-bond acceptors (Lipinski definition) is 1. The van der Waals surface area contributed by atoms with Gasteiger partial charge in [-0.2, -0.15) is 0 Å². The topological polar surface area (TPSA) is 17.8 Å². The first-order valence-corrected chi connectivity index (χ1v) is 5.93. The van der Waals surface area contributed by atoms with Gasteiger partial charge in [0.15, 0.2) is 0 Å². The Hall–Kier alpha value is -1.57. The molecule has 1 heterocycles. The van der Waals surface area contributed by atoms with E-state index in [-0.39, 0.29) is 0 Å². The fourth-order valence-corrected chi connectivity index (χ4v) is 1.77. The Morgan fingerprint density at radius 2 is 2.00 bits per heavy atom. The molecule has 1 aromatic heterocycles. The number of benzene rings is 1. The summed E-state index contributed by atoms with van der Waals surface area (Å²) >= 11 is 0. The van der Waals surface area contributed by atoms with Crippen LogP contribution in [0.4, 0.5) is 0 Å². The van der Waals surface area contributed by atoms with E-state index in [2.05, 4.69) is 46.9 Å². The zero-order chi connectivity index (χ0) is 11.2. The summed E-state index contributed by atoms with van der Waals surface area (Å²) in [5, 5.41) is 0. The number of nitrogens with zero attached hydrogens (tertiary/aromatic N) is 2. The average molecular weight is 214 g/mol. The Balaban J connectivity index is 1.97. The maximum Gasteiger partial charge on any atom is 0.0952 e. The van der Waals surface area contributed by atoms with Gasteiger partial charge in [0.05, 0.1) is 12.0 Å². The Morgan fingerprint density at radius 1 is 1.19 bits per heavy atom. The quantitative estimate of drug-likeness (QED) is 0.747. The van der Waals surface area contributed by atoms with Crippen molar-refractivity contribution in [2.75, 3.05) is 0 Å². The molecule has 0 atom stereocenters. The van der Waals surface area contributed by atoms with Gasteiger partial charge < -0.3 is 4.57 Å². The van der Waals surface area contributed by atoms with Crippen LogP contribution in [0.3, 0.4) is 0 Å². The number of rotatable bonds is 5. The molecule has 2 nitrogen and oxygen atoms in total. The lowest BCUT2D eigenvalue weighted by molar-refractivity contribution is 0.773. The predicted molar refractivity (Wildman–Crippen MR) is 66.4 cm³/mol. The predicted octanol–water partition coefficient (Wildman–Crippen LogP) is 3.27. The zero-order valence-electron chi connectivity index (χ0n) is 9.76. The second-order valence-electron chi connectivity index (χ2n) is 4.13. The van der Waals surface area contributed by atoms with E-state index in [1.807, 2.05) is 12.4 Å². The van der Waals surface area contributed by atoms with Crippen molar-refractivity contribution >= 4 is 0 Å². The third-order valence-electron chi connectivity index (χ3n) is 2.68. The fraction of sp³-hybridized carbons (Fsp3) is 0.357. The largest absolute Gasteiger partial charge is 0.333 e. The van der Waals surface area contributed by atoms with Crippen molar-refractivity contribution in [2.45, 2.75) is 32.7 Å². The van der Waals surface area contributed by atoms with Crippen LogP contribution in [0.25, 0.3) is 0 Å². The molecule has 0 N–H and O–H groups in total. The summed E-state index contributed by atoms with van der Waals surface area (Å²) < 4.78 is 2.15. The summed E-state index contributed by atoms with van der Waals surface area (Å²) in [5.41, 5.74) is 2.53. The van der Waals surface area contributed by atoms with Crippen molar-refractivity contribution in [3.05, 3.63) is 54.1 Å². The van der Waals surface area contributed by atoms with Crippen LogP contribution in [0.15, 0.2) is 42.9 Å². The summed E-state index contributed by atoms with van der Waals surface area (Å²) in [6.07, 6.45) is 7.63. The molecular formula is C14H18N2. The van der Waals surface area contributed by atoms with Crippen LogP contribution < -0.4 is 0 Å². The summed E-state index contributed by atoms with van der Waals surface area (Å²) in [6, 6.07) is 10.5. The van der Waals surface area contributed by atoms with E-state index in [1.165, 1.54) is 24.1 Å². The van der Waals surface area contributed by atoms with Gasteiger partial charge in [-0.1, -0.05) is 43.7 Å². The summed E-state index contributed by atoms with van der Waals surface area (Å²) in [4.78, 5) is 4.41. The number of hydrogen-bond donors (Lipinski definition) is 0. The fourth-order valence-electron chi connectivity index (χ4n) is 1.77. The Morgan fingerprint density at radius 3 is 2.75 bits per heavy atom. The van der Waals surface area contributed by atoms with Gasteiger partial charge in [0, 0.05) is 12.7 Å². The molecule has 2 aromatic rings. The Labute approximate surface area is 97.0 Å². The molecule has 1 aromatic carbocycles. The molecule has 0 saturated heterocycles. The molecule has 0 saturated carbocycles.